The van der Waals surface area contributed by atoms with Crippen LogP contribution in [0.3, 0.4) is 0 Å². The molecule has 1 heterocycles. The van der Waals surface area contributed by atoms with Crippen LogP contribution in [0.15, 0.2) is 17.5 Å². The van der Waals surface area contributed by atoms with Gasteiger partial charge in [0, 0.05) is 12.4 Å². The lowest BCUT2D eigenvalue weighted by Gasteiger charge is -2.34. The van der Waals surface area contributed by atoms with Crippen molar-refractivity contribution in [2.45, 2.75) is 38.6 Å². The van der Waals surface area contributed by atoms with Crippen molar-refractivity contribution in [2.24, 2.45) is 16.3 Å². The summed E-state index contributed by atoms with van der Waals surface area (Å²) in [6.07, 6.45) is 7.45. The molecule has 0 radical (unpaired) electrons. The van der Waals surface area contributed by atoms with E-state index in [-0.39, 0.29) is 11.7 Å². The molecule has 0 aliphatic heterocycles. The monoisotopic (exact) mass is 265 g/mol. The van der Waals surface area contributed by atoms with Crippen LogP contribution < -0.4 is 11.1 Å². The van der Waals surface area contributed by atoms with Crippen LogP contribution in [0.2, 0.25) is 0 Å². The molecule has 19 heavy (non-hydrogen) atoms. The molecular weight excluding hydrogens is 246 g/mol. The third-order valence-corrected chi connectivity index (χ3v) is 3.71. The molecule has 1 amide bonds. The standard InChI is InChI=1S/C12H19N5O2/c13-10(17-19)12(4-2-1-3-5-12)11(18)16-8-9-14-6-7-15-9/h6-7,19H,1-5,8H2,(H2,13,17)(H,14,15)(H,16,18). The van der Waals surface area contributed by atoms with Crippen LogP contribution in [0, 0.1) is 5.41 Å². The molecule has 1 aliphatic carbocycles. The number of oxime groups is 1. The summed E-state index contributed by atoms with van der Waals surface area (Å²) < 4.78 is 0. The zero-order chi connectivity index (χ0) is 13.7. The van der Waals surface area contributed by atoms with Gasteiger partial charge in [0.25, 0.3) is 0 Å². The Bertz CT molecular complexity index is 449. The van der Waals surface area contributed by atoms with Crippen molar-refractivity contribution >= 4 is 11.7 Å². The SMILES string of the molecule is NC(=NO)C1(C(=O)NCc2ncc[nH]2)CCCCC1. The molecule has 104 valence electrons. The number of hydrogen-bond acceptors (Lipinski definition) is 4. The van der Waals surface area contributed by atoms with Gasteiger partial charge in [-0.15, -0.1) is 0 Å². The number of nitrogens with one attached hydrogen (secondary N) is 2. The number of imidazole rings is 1. The van der Waals surface area contributed by atoms with Crippen molar-refractivity contribution < 1.29 is 10.0 Å². The van der Waals surface area contributed by atoms with Crippen LogP contribution in [-0.4, -0.2) is 26.9 Å². The maximum absolute atomic E-state index is 12.4. The third kappa shape index (κ3) is 2.69. The van der Waals surface area contributed by atoms with Gasteiger partial charge < -0.3 is 21.2 Å². The fourth-order valence-electron chi connectivity index (χ4n) is 2.58. The summed E-state index contributed by atoms with van der Waals surface area (Å²) in [7, 11) is 0. The van der Waals surface area contributed by atoms with Gasteiger partial charge in [-0.1, -0.05) is 24.4 Å². The molecular formula is C12H19N5O2. The highest BCUT2D eigenvalue weighted by molar-refractivity contribution is 6.06. The zero-order valence-electron chi connectivity index (χ0n) is 10.7. The van der Waals surface area contributed by atoms with E-state index in [0.29, 0.717) is 25.2 Å². The van der Waals surface area contributed by atoms with Crippen molar-refractivity contribution in [3.05, 3.63) is 18.2 Å². The van der Waals surface area contributed by atoms with Crippen molar-refractivity contribution in [1.82, 2.24) is 15.3 Å². The van der Waals surface area contributed by atoms with Gasteiger partial charge in [0.2, 0.25) is 5.91 Å². The molecule has 7 nitrogen and oxygen atoms in total. The van der Waals surface area contributed by atoms with Gasteiger partial charge in [0.05, 0.1) is 6.54 Å². The topological polar surface area (TPSA) is 116 Å². The number of carbonyl (C=O) groups is 1. The fraction of sp³-hybridized carbons (Fsp3) is 0.583. The first-order valence-corrected chi connectivity index (χ1v) is 6.43. The highest BCUT2D eigenvalue weighted by atomic mass is 16.4. The van der Waals surface area contributed by atoms with Crippen LogP contribution >= 0.6 is 0 Å². The first-order chi connectivity index (χ1) is 9.19. The van der Waals surface area contributed by atoms with Gasteiger partial charge in [-0.25, -0.2) is 4.98 Å². The van der Waals surface area contributed by atoms with Gasteiger partial charge in [0.15, 0.2) is 5.84 Å². The number of nitrogens with two attached hydrogens (primary N) is 1. The molecule has 0 aromatic carbocycles. The number of hydrogen-bond donors (Lipinski definition) is 4. The summed E-state index contributed by atoms with van der Waals surface area (Å²) in [6, 6.07) is 0. The highest BCUT2D eigenvalue weighted by Crippen LogP contribution is 2.36. The van der Waals surface area contributed by atoms with Gasteiger partial charge in [-0.2, -0.15) is 0 Å². The predicted molar refractivity (Wildman–Crippen MR) is 69.4 cm³/mol. The Labute approximate surface area is 111 Å². The Balaban J connectivity index is 2.07. The highest BCUT2D eigenvalue weighted by Gasteiger charge is 2.43. The van der Waals surface area contributed by atoms with Gasteiger partial charge in [-0.3, -0.25) is 4.79 Å². The lowest BCUT2D eigenvalue weighted by atomic mass is 9.72. The van der Waals surface area contributed by atoms with E-state index in [1.54, 1.807) is 12.4 Å². The largest absolute Gasteiger partial charge is 0.409 e. The molecule has 0 unspecified atom stereocenters. The Kier molecular flexibility index (Phi) is 4.03. The van der Waals surface area contributed by atoms with Crippen molar-refractivity contribution in [3.63, 3.8) is 0 Å². The Morgan fingerprint density at radius 1 is 1.53 bits per heavy atom. The second-order valence-electron chi connectivity index (χ2n) is 4.85. The number of aromatic nitrogens is 2. The van der Waals surface area contributed by atoms with E-state index in [9.17, 15) is 4.79 Å². The molecule has 0 spiro atoms. The molecule has 2 rings (SSSR count). The number of amides is 1. The molecule has 1 aromatic heterocycles. The molecule has 1 aromatic rings. The maximum Gasteiger partial charge on any atom is 0.234 e. The van der Waals surface area contributed by atoms with E-state index in [1.165, 1.54) is 0 Å². The van der Waals surface area contributed by atoms with E-state index in [4.69, 9.17) is 10.9 Å². The van der Waals surface area contributed by atoms with E-state index in [2.05, 4.69) is 20.4 Å². The minimum Gasteiger partial charge on any atom is -0.409 e. The van der Waals surface area contributed by atoms with E-state index in [0.717, 1.165) is 19.3 Å². The minimum absolute atomic E-state index is 0.00384. The molecule has 1 fully saturated rings. The normalized spacial score (nSPS) is 19.1. The lowest BCUT2D eigenvalue weighted by Crippen LogP contribution is -2.50. The zero-order valence-corrected chi connectivity index (χ0v) is 10.7. The smallest absolute Gasteiger partial charge is 0.234 e. The molecule has 0 atom stereocenters. The van der Waals surface area contributed by atoms with Crippen molar-refractivity contribution in [3.8, 4) is 0 Å². The summed E-state index contributed by atoms with van der Waals surface area (Å²) >= 11 is 0. The number of H-pyrrole nitrogens is 1. The van der Waals surface area contributed by atoms with Crippen LogP contribution in [0.4, 0.5) is 0 Å². The van der Waals surface area contributed by atoms with E-state index >= 15 is 0 Å². The summed E-state index contributed by atoms with van der Waals surface area (Å²) in [5.41, 5.74) is 4.87. The van der Waals surface area contributed by atoms with E-state index < -0.39 is 5.41 Å². The summed E-state index contributed by atoms with van der Waals surface area (Å²) in [5, 5.41) is 14.8. The molecule has 7 heteroatoms. The first-order valence-electron chi connectivity index (χ1n) is 6.43. The number of carbonyl (C=O) groups excluding carboxylic acids is 1. The molecule has 1 saturated carbocycles. The van der Waals surface area contributed by atoms with Crippen LogP contribution in [0.5, 0.6) is 0 Å². The maximum atomic E-state index is 12.4. The first kappa shape index (κ1) is 13.4. The summed E-state index contributed by atoms with van der Waals surface area (Å²) in [4.78, 5) is 19.3. The molecule has 0 saturated heterocycles. The number of amidine groups is 1. The van der Waals surface area contributed by atoms with E-state index in [1.807, 2.05) is 0 Å². The Morgan fingerprint density at radius 3 is 2.84 bits per heavy atom. The second-order valence-corrected chi connectivity index (χ2v) is 4.85. The predicted octanol–water partition coefficient (Wildman–Crippen LogP) is 0.723. The van der Waals surface area contributed by atoms with Crippen molar-refractivity contribution in [1.29, 1.82) is 0 Å². The number of aromatic amines is 1. The Morgan fingerprint density at radius 2 is 2.26 bits per heavy atom. The fourth-order valence-corrected chi connectivity index (χ4v) is 2.58. The van der Waals surface area contributed by atoms with Crippen LogP contribution in [-0.2, 0) is 11.3 Å². The molecule has 0 bridgehead atoms. The van der Waals surface area contributed by atoms with Crippen molar-refractivity contribution in [2.75, 3.05) is 0 Å². The van der Waals surface area contributed by atoms with Gasteiger partial charge in [-0.05, 0) is 12.8 Å². The van der Waals surface area contributed by atoms with Crippen LogP contribution in [0.1, 0.15) is 37.9 Å². The quantitative estimate of drug-likeness (QED) is 0.278. The molecule has 5 N–H and O–H groups in total. The van der Waals surface area contributed by atoms with Crippen LogP contribution in [0.25, 0.3) is 0 Å². The van der Waals surface area contributed by atoms with Gasteiger partial charge in [0.1, 0.15) is 11.2 Å². The third-order valence-electron chi connectivity index (χ3n) is 3.71. The second kappa shape index (κ2) is 5.73. The van der Waals surface area contributed by atoms with Gasteiger partial charge >= 0.3 is 0 Å². The summed E-state index contributed by atoms with van der Waals surface area (Å²) in [6.45, 7) is 0.312. The average Bonchev–Trinajstić information content (AvgIpc) is 2.97. The summed E-state index contributed by atoms with van der Waals surface area (Å²) in [5.74, 6) is 0.488. The Hall–Kier alpha value is -2.05. The average molecular weight is 265 g/mol. The molecule has 1 aliphatic rings. The minimum atomic E-state index is -0.875. The number of nitrogens with zero attached hydrogens (tertiary/aromatic N) is 2. The number of rotatable bonds is 4. The lowest BCUT2D eigenvalue weighted by molar-refractivity contribution is -0.129.